The number of amides is 2. The van der Waals surface area contributed by atoms with Crippen LogP contribution in [0.4, 0.5) is 4.79 Å². The Bertz CT molecular complexity index is 324. The van der Waals surface area contributed by atoms with Crippen molar-refractivity contribution in [3.05, 3.63) is 0 Å². The van der Waals surface area contributed by atoms with Crippen molar-refractivity contribution in [1.29, 1.82) is 0 Å². The van der Waals surface area contributed by atoms with E-state index in [9.17, 15) is 14.4 Å². The average molecular weight is 276 g/mol. The normalized spacial score (nSPS) is 10.7. The quantitative estimate of drug-likeness (QED) is 0.551. The van der Waals surface area contributed by atoms with Crippen LogP contribution in [-0.2, 0) is 19.1 Å². The SMILES string of the molecule is CC(C)(C)OC(=O)NCCNC(=O)COCC(=O)O. The molecular weight excluding hydrogens is 256 g/mol. The number of aliphatic carboxylic acids is 1. The van der Waals surface area contributed by atoms with Crippen LogP contribution >= 0.6 is 0 Å². The van der Waals surface area contributed by atoms with E-state index >= 15 is 0 Å². The molecule has 2 amide bonds. The third-order valence-electron chi connectivity index (χ3n) is 1.57. The molecule has 8 nitrogen and oxygen atoms in total. The first kappa shape index (κ1) is 17.2. The maximum absolute atomic E-state index is 11.2. The zero-order valence-corrected chi connectivity index (χ0v) is 11.3. The monoisotopic (exact) mass is 276 g/mol. The van der Waals surface area contributed by atoms with Crippen LogP contribution in [0.5, 0.6) is 0 Å². The van der Waals surface area contributed by atoms with Crippen molar-refractivity contribution in [1.82, 2.24) is 10.6 Å². The van der Waals surface area contributed by atoms with Crippen molar-refractivity contribution in [2.45, 2.75) is 26.4 Å². The van der Waals surface area contributed by atoms with Gasteiger partial charge in [0.15, 0.2) is 0 Å². The third-order valence-corrected chi connectivity index (χ3v) is 1.57. The highest BCUT2D eigenvalue weighted by molar-refractivity contribution is 5.77. The molecule has 0 saturated carbocycles. The molecule has 110 valence electrons. The summed E-state index contributed by atoms with van der Waals surface area (Å²) in [7, 11) is 0. The van der Waals surface area contributed by atoms with Crippen LogP contribution in [0.2, 0.25) is 0 Å². The molecule has 0 aromatic heterocycles. The molecule has 0 spiro atoms. The summed E-state index contributed by atoms with van der Waals surface area (Å²) in [6.07, 6.45) is -0.566. The molecule has 19 heavy (non-hydrogen) atoms. The summed E-state index contributed by atoms with van der Waals surface area (Å²) in [6, 6.07) is 0. The molecule has 0 bridgehead atoms. The molecule has 0 heterocycles. The molecule has 0 aliphatic rings. The molecule has 8 heteroatoms. The van der Waals surface area contributed by atoms with Crippen LogP contribution in [0.15, 0.2) is 0 Å². The van der Waals surface area contributed by atoms with Gasteiger partial charge in [0.05, 0.1) is 0 Å². The maximum atomic E-state index is 11.2. The van der Waals surface area contributed by atoms with Crippen molar-refractivity contribution in [2.75, 3.05) is 26.3 Å². The standard InChI is InChI=1S/C11H20N2O6/c1-11(2,3)19-10(17)13-5-4-12-8(14)6-18-7-9(15)16/h4-7H2,1-3H3,(H,12,14)(H,13,17)(H,15,16). The number of nitrogens with one attached hydrogen (secondary N) is 2. The van der Waals surface area contributed by atoms with Gasteiger partial charge < -0.3 is 25.2 Å². The molecule has 0 aliphatic heterocycles. The number of ether oxygens (including phenoxy) is 2. The predicted octanol–water partition coefficient (Wildman–Crippen LogP) is -0.271. The molecule has 0 saturated heterocycles. The van der Waals surface area contributed by atoms with Gasteiger partial charge in [-0.15, -0.1) is 0 Å². The number of alkyl carbamates (subject to hydrolysis) is 1. The second-order valence-electron chi connectivity index (χ2n) is 4.67. The Morgan fingerprint density at radius 1 is 1.05 bits per heavy atom. The number of rotatable bonds is 7. The molecule has 0 aromatic carbocycles. The van der Waals surface area contributed by atoms with Gasteiger partial charge in [0, 0.05) is 13.1 Å². The number of carboxylic acids is 1. The molecule has 3 N–H and O–H groups in total. The summed E-state index contributed by atoms with van der Waals surface area (Å²) in [4.78, 5) is 32.5. The topological polar surface area (TPSA) is 114 Å². The van der Waals surface area contributed by atoms with E-state index in [2.05, 4.69) is 15.4 Å². The van der Waals surface area contributed by atoms with E-state index in [-0.39, 0.29) is 19.7 Å². The summed E-state index contributed by atoms with van der Waals surface area (Å²) in [5.74, 6) is -1.59. The van der Waals surface area contributed by atoms with Gasteiger partial charge in [-0.25, -0.2) is 9.59 Å². The Morgan fingerprint density at radius 3 is 2.16 bits per heavy atom. The first-order valence-corrected chi connectivity index (χ1v) is 5.74. The van der Waals surface area contributed by atoms with Crippen LogP contribution in [0, 0.1) is 0 Å². The van der Waals surface area contributed by atoms with Gasteiger partial charge in [-0.3, -0.25) is 4.79 Å². The van der Waals surface area contributed by atoms with Crippen molar-refractivity contribution >= 4 is 18.0 Å². The summed E-state index contributed by atoms with van der Waals surface area (Å²) in [6.45, 7) is 4.78. The Kier molecular flexibility index (Phi) is 7.50. The van der Waals surface area contributed by atoms with Gasteiger partial charge in [-0.2, -0.15) is 0 Å². The Hall–Kier alpha value is -1.83. The number of carboxylic acid groups (broad SMARTS) is 1. The Balaban J connectivity index is 3.56. The minimum atomic E-state index is -1.14. The van der Waals surface area contributed by atoms with E-state index in [0.29, 0.717) is 0 Å². The lowest BCUT2D eigenvalue weighted by Gasteiger charge is -2.19. The lowest BCUT2D eigenvalue weighted by atomic mass is 10.2. The van der Waals surface area contributed by atoms with Crippen LogP contribution < -0.4 is 10.6 Å². The van der Waals surface area contributed by atoms with Gasteiger partial charge in [-0.1, -0.05) is 0 Å². The van der Waals surface area contributed by atoms with Crippen LogP contribution in [0.1, 0.15) is 20.8 Å². The highest BCUT2D eigenvalue weighted by Gasteiger charge is 2.15. The zero-order chi connectivity index (χ0) is 14.9. The molecule has 0 aromatic rings. The van der Waals surface area contributed by atoms with Gasteiger partial charge in [0.2, 0.25) is 5.91 Å². The largest absolute Gasteiger partial charge is 0.480 e. The first-order valence-electron chi connectivity index (χ1n) is 5.74. The Morgan fingerprint density at radius 2 is 1.63 bits per heavy atom. The molecule has 0 fully saturated rings. The van der Waals surface area contributed by atoms with Gasteiger partial charge in [0.1, 0.15) is 18.8 Å². The minimum Gasteiger partial charge on any atom is -0.480 e. The smallest absolute Gasteiger partial charge is 0.407 e. The molecule has 0 aliphatic carbocycles. The highest BCUT2D eigenvalue weighted by Crippen LogP contribution is 2.05. The van der Waals surface area contributed by atoms with Crippen LogP contribution in [0.3, 0.4) is 0 Å². The first-order chi connectivity index (χ1) is 8.70. The zero-order valence-electron chi connectivity index (χ0n) is 11.3. The van der Waals surface area contributed by atoms with Crippen LogP contribution in [0.25, 0.3) is 0 Å². The van der Waals surface area contributed by atoms with Crippen molar-refractivity contribution in [2.24, 2.45) is 0 Å². The summed E-state index contributed by atoms with van der Waals surface area (Å²) < 4.78 is 9.56. The van der Waals surface area contributed by atoms with E-state index in [1.165, 1.54) is 0 Å². The fourth-order valence-electron chi connectivity index (χ4n) is 0.963. The number of carbonyl (C=O) groups excluding carboxylic acids is 2. The molecular formula is C11H20N2O6. The second kappa shape index (κ2) is 8.30. The van der Waals surface area contributed by atoms with E-state index in [0.717, 1.165) is 0 Å². The van der Waals surface area contributed by atoms with Crippen molar-refractivity contribution in [3.63, 3.8) is 0 Å². The van der Waals surface area contributed by atoms with Gasteiger partial charge in [-0.05, 0) is 20.8 Å². The van der Waals surface area contributed by atoms with E-state index in [4.69, 9.17) is 9.84 Å². The third kappa shape index (κ3) is 12.4. The van der Waals surface area contributed by atoms with E-state index in [1.54, 1.807) is 20.8 Å². The number of hydrogen-bond acceptors (Lipinski definition) is 5. The maximum Gasteiger partial charge on any atom is 0.407 e. The molecule has 0 radical (unpaired) electrons. The number of hydrogen-bond donors (Lipinski definition) is 3. The predicted molar refractivity (Wildman–Crippen MR) is 65.7 cm³/mol. The highest BCUT2D eigenvalue weighted by atomic mass is 16.6. The summed E-state index contributed by atoms with van der Waals surface area (Å²) in [5, 5.41) is 13.2. The van der Waals surface area contributed by atoms with Crippen molar-refractivity contribution in [3.8, 4) is 0 Å². The van der Waals surface area contributed by atoms with E-state index in [1.807, 2.05) is 0 Å². The second-order valence-corrected chi connectivity index (χ2v) is 4.67. The lowest BCUT2D eigenvalue weighted by Crippen LogP contribution is -2.38. The fourth-order valence-corrected chi connectivity index (χ4v) is 0.963. The minimum absolute atomic E-state index is 0.203. The van der Waals surface area contributed by atoms with Gasteiger partial charge >= 0.3 is 12.1 Å². The molecule has 0 atom stereocenters. The molecule has 0 rings (SSSR count). The van der Waals surface area contributed by atoms with E-state index < -0.39 is 30.2 Å². The van der Waals surface area contributed by atoms with Crippen LogP contribution in [-0.4, -0.2) is 55.0 Å². The van der Waals surface area contributed by atoms with Crippen molar-refractivity contribution < 1.29 is 29.0 Å². The lowest BCUT2D eigenvalue weighted by molar-refractivity contribution is -0.143. The Labute approximate surface area is 111 Å². The number of carbonyl (C=O) groups is 3. The summed E-state index contributed by atoms with van der Waals surface area (Å²) >= 11 is 0. The van der Waals surface area contributed by atoms with Gasteiger partial charge in [0.25, 0.3) is 0 Å². The summed E-state index contributed by atoms with van der Waals surface area (Å²) in [5.41, 5.74) is -0.571. The molecule has 0 unspecified atom stereocenters. The average Bonchev–Trinajstić information content (AvgIpc) is 2.21. The fraction of sp³-hybridized carbons (Fsp3) is 0.727.